The summed E-state index contributed by atoms with van der Waals surface area (Å²) in [5, 5.41) is 11.6. The van der Waals surface area contributed by atoms with E-state index in [4.69, 9.17) is 4.74 Å². The molecule has 4 nitrogen and oxygen atoms in total. The number of ether oxygens (including phenoxy) is 1. The minimum Gasteiger partial charge on any atom is -0.460 e. The molecule has 3 aliphatic carbocycles. The summed E-state index contributed by atoms with van der Waals surface area (Å²) < 4.78 is 5.73. The molecular formula is C29H40O4. The van der Waals surface area contributed by atoms with Crippen LogP contribution in [0.5, 0.6) is 0 Å². The van der Waals surface area contributed by atoms with Crippen LogP contribution in [-0.2, 0) is 14.3 Å². The van der Waals surface area contributed by atoms with E-state index in [0.717, 1.165) is 11.1 Å². The Morgan fingerprint density at radius 3 is 2.30 bits per heavy atom. The molecule has 1 heterocycles. The Bertz CT molecular complexity index is 1060. The molecule has 1 N–H and O–H groups in total. The van der Waals surface area contributed by atoms with Crippen molar-refractivity contribution in [1.29, 1.82) is 0 Å². The van der Waals surface area contributed by atoms with Crippen LogP contribution in [0.2, 0.25) is 0 Å². The first-order chi connectivity index (χ1) is 15.1. The number of allylic oxidation sites excluding steroid dienone is 6. The Hall–Kier alpha value is -1.94. The van der Waals surface area contributed by atoms with Crippen molar-refractivity contribution >= 4 is 11.8 Å². The Labute approximate surface area is 198 Å². The van der Waals surface area contributed by atoms with Gasteiger partial charge in [-0.1, -0.05) is 68.7 Å². The quantitative estimate of drug-likeness (QED) is 0.343. The molecule has 4 heteroatoms. The summed E-state index contributed by atoms with van der Waals surface area (Å²) in [6, 6.07) is 0. The van der Waals surface area contributed by atoms with E-state index in [1.54, 1.807) is 6.92 Å². The summed E-state index contributed by atoms with van der Waals surface area (Å²) in [7, 11) is 0. The van der Waals surface area contributed by atoms with Gasteiger partial charge in [-0.25, -0.2) is 0 Å². The van der Waals surface area contributed by atoms with E-state index in [0.29, 0.717) is 0 Å². The highest BCUT2D eigenvalue weighted by atomic mass is 16.6. The van der Waals surface area contributed by atoms with Crippen molar-refractivity contribution in [3.8, 4) is 0 Å². The molecule has 4 aliphatic rings. The molecule has 2 bridgehead atoms. The van der Waals surface area contributed by atoms with Crippen molar-refractivity contribution in [1.82, 2.24) is 0 Å². The molecule has 0 radical (unpaired) electrons. The van der Waals surface area contributed by atoms with Crippen molar-refractivity contribution in [3.63, 3.8) is 0 Å². The second kappa shape index (κ2) is 7.04. The number of ketones is 1. The summed E-state index contributed by atoms with van der Waals surface area (Å²) in [6.45, 7) is 20.5. The van der Waals surface area contributed by atoms with E-state index in [9.17, 15) is 14.7 Å². The van der Waals surface area contributed by atoms with Crippen molar-refractivity contribution in [2.45, 2.75) is 81.4 Å². The molecule has 9 atom stereocenters. The van der Waals surface area contributed by atoms with Crippen molar-refractivity contribution in [2.24, 2.45) is 39.4 Å². The lowest BCUT2D eigenvalue weighted by Crippen LogP contribution is -2.67. The van der Waals surface area contributed by atoms with Crippen molar-refractivity contribution in [2.75, 3.05) is 0 Å². The smallest absolute Gasteiger partial charge is 0.320 e. The van der Waals surface area contributed by atoms with Crippen LogP contribution in [0.15, 0.2) is 46.6 Å². The number of hydrogen-bond donors (Lipinski definition) is 1. The molecule has 0 amide bonds. The molecular weight excluding hydrogens is 412 g/mol. The van der Waals surface area contributed by atoms with E-state index in [2.05, 4.69) is 52.8 Å². The lowest BCUT2D eigenvalue weighted by Gasteiger charge is -2.69. The molecule has 0 aromatic heterocycles. The van der Waals surface area contributed by atoms with Gasteiger partial charge in [-0.05, 0) is 59.0 Å². The topological polar surface area (TPSA) is 63.6 Å². The maximum atomic E-state index is 13.1. The molecule has 3 fully saturated rings. The van der Waals surface area contributed by atoms with E-state index in [-0.39, 0.29) is 29.0 Å². The number of Topliss-reactive ketones (excluding diaryl/α,β-unsaturated/α-hetero) is 1. The molecule has 33 heavy (non-hydrogen) atoms. The Morgan fingerprint density at radius 1 is 1.15 bits per heavy atom. The Morgan fingerprint density at radius 2 is 1.76 bits per heavy atom. The minimum atomic E-state index is -1.16. The molecule has 1 aliphatic heterocycles. The first-order valence-corrected chi connectivity index (χ1v) is 12.3. The average molecular weight is 453 g/mol. The third-order valence-corrected chi connectivity index (χ3v) is 10.1. The number of aliphatic hydroxyl groups is 1. The Balaban J connectivity index is 1.87. The number of carbonyl (C=O) groups is 2. The third kappa shape index (κ3) is 2.62. The second-order valence-corrected chi connectivity index (χ2v) is 12.1. The van der Waals surface area contributed by atoms with Crippen LogP contribution in [0.4, 0.5) is 0 Å². The van der Waals surface area contributed by atoms with Gasteiger partial charge in [0.1, 0.15) is 11.5 Å². The predicted molar refractivity (Wildman–Crippen MR) is 130 cm³/mol. The van der Waals surface area contributed by atoms with Crippen LogP contribution in [0.25, 0.3) is 0 Å². The summed E-state index contributed by atoms with van der Waals surface area (Å²) >= 11 is 0. The minimum absolute atomic E-state index is 0.0206. The van der Waals surface area contributed by atoms with Gasteiger partial charge in [0.05, 0.1) is 12.0 Å². The first-order valence-electron chi connectivity index (χ1n) is 12.3. The third-order valence-electron chi connectivity index (χ3n) is 10.1. The number of carbonyl (C=O) groups excluding carboxylic acids is 2. The fourth-order valence-corrected chi connectivity index (χ4v) is 8.87. The SMILES string of the molecule is C/C=C(\C)[C@@H](O)[C@@]1(C)[C@H](/C(C)=C/C2(C)C3OC(=O)[C@@]2(C)C(=O)C3C)[C@]2(C)C=C(C)C=C(C)[C@@H]21. The lowest BCUT2D eigenvalue weighted by molar-refractivity contribution is -0.169. The van der Waals surface area contributed by atoms with Crippen LogP contribution in [0.3, 0.4) is 0 Å². The molecule has 3 unspecified atom stereocenters. The highest BCUT2D eigenvalue weighted by Gasteiger charge is 2.75. The fraction of sp³-hybridized carbons (Fsp3) is 0.655. The summed E-state index contributed by atoms with van der Waals surface area (Å²) in [4.78, 5) is 25.9. The van der Waals surface area contributed by atoms with Gasteiger partial charge in [0.25, 0.3) is 0 Å². The normalized spacial score (nSPS) is 48.1. The maximum absolute atomic E-state index is 13.1. The van der Waals surface area contributed by atoms with E-state index in [1.807, 2.05) is 33.8 Å². The molecule has 4 rings (SSSR count). The predicted octanol–water partition coefficient (Wildman–Crippen LogP) is 5.58. The highest BCUT2D eigenvalue weighted by Crippen LogP contribution is 2.73. The largest absolute Gasteiger partial charge is 0.460 e. The zero-order valence-electron chi connectivity index (χ0n) is 21.9. The molecule has 180 valence electrons. The number of aliphatic hydroxyl groups excluding tert-OH is 1. The fourth-order valence-electron chi connectivity index (χ4n) is 8.87. The number of hydrogen-bond acceptors (Lipinski definition) is 4. The van der Waals surface area contributed by atoms with E-state index < -0.39 is 34.4 Å². The van der Waals surface area contributed by atoms with Crippen LogP contribution in [0.1, 0.15) is 69.2 Å². The molecule has 0 aromatic rings. The van der Waals surface area contributed by atoms with Crippen LogP contribution >= 0.6 is 0 Å². The van der Waals surface area contributed by atoms with Gasteiger partial charge in [-0.3, -0.25) is 9.59 Å². The van der Waals surface area contributed by atoms with Crippen LogP contribution in [-0.4, -0.2) is 29.1 Å². The van der Waals surface area contributed by atoms with Gasteiger partial charge < -0.3 is 9.84 Å². The number of esters is 1. The molecule has 0 spiro atoms. The van der Waals surface area contributed by atoms with Gasteiger partial charge in [-0.2, -0.15) is 0 Å². The van der Waals surface area contributed by atoms with Crippen molar-refractivity contribution in [3.05, 3.63) is 46.6 Å². The average Bonchev–Trinajstić information content (AvgIpc) is 2.97. The standard InChI is InChI=1S/C29H40O4/c1-11-16(3)22(30)28(9)20-17(4)12-15(2)13-26(20,7)21(28)18(5)14-27(8)24-19(6)23(31)29(27,10)25(32)33-24/h11-14,19-22,24,30H,1-10H3/b16-11+,18-14+/t19?,20-,21+,22+,24?,26+,27?,28+,29+/m0/s1. The first kappa shape index (κ1) is 24.2. The van der Waals surface area contributed by atoms with Gasteiger partial charge in [0.15, 0.2) is 5.78 Å². The second-order valence-electron chi connectivity index (χ2n) is 12.1. The summed E-state index contributed by atoms with van der Waals surface area (Å²) in [6.07, 6.45) is 7.71. The highest BCUT2D eigenvalue weighted by molar-refractivity contribution is 6.10. The maximum Gasteiger partial charge on any atom is 0.320 e. The summed E-state index contributed by atoms with van der Waals surface area (Å²) in [5.41, 5.74) is 2.21. The van der Waals surface area contributed by atoms with Crippen LogP contribution < -0.4 is 0 Å². The number of fused-ring (bicyclic) bond motifs is 3. The molecule has 0 aromatic carbocycles. The van der Waals surface area contributed by atoms with Crippen LogP contribution in [0, 0.1) is 39.4 Å². The van der Waals surface area contributed by atoms with Gasteiger partial charge in [-0.15, -0.1) is 0 Å². The molecule has 2 saturated carbocycles. The summed E-state index contributed by atoms with van der Waals surface area (Å²) in [5.74, 6) is -0.475. The zero-order chi connectivity index (χ0) is 24.9. The molecule has 1 saturated heterocycles. The van der Waals surface area contributed by atoms with E-state index >= 15 is 0 Å². The monoisotopic (exact) mass is 452 g/mol. The van der Waals surface area contributed by atoms with E-state index in [1.165, 1.54) is 11.1 Å². The van der Waals surface area contributed by atoms with Crippen molar-refractivity contribution < 1.29 is 19.4 Å². The number of rotatable bonds is 4. The lowest BCUT2D eigenvalue weighted by atomic mass is 9.34. The van der Waals surface area contributed by atoms with Gasteiger partial charge >= 0.3 is 5.97 Å². The van der Waals surface area contributed by atoms with Gasteiger partial charge in [0.2, 0.25) is 0 Å². The Kier molecular flexibility index (Phi) is 5.16. The zero-order valence-corrected chi connectivity index (χ0v) is 21.9. The van der Waals surface area contributed by atoms with Gasteiger partial charge in [0, 0.05) is 16.2 Å².